The molecule has 0 bridgehead atoms. The minimum Gasteiger partial charge on any atom is -0.324 e. The maximum absolute atomic E-state index is 4.73. The molecule has 0 aliphatic rings. The van der Waals surface area contributed by atoms with Crippen LogP contribution in [0.1, 0.15) is 5.69 Å². The van der Waals surface area contributed by atoms with Gasteiger partial charge in [-0.1, -0.05) is 42.5 Å². The second-order valence-corrected chi connectivity index (χ2v) is 6.57. The zero-order valence-corrected chi connectivity index (χ0v) is 14.5. The van der Waals surface area contributed by atoms with Crippen LogP contribution in [-0.4, -0.2) is 15.0 Å². The molecule has 0 amide bonds. The first kappa shape index (κ1) is 15.5. The van der Waals surface area contributed by atoms with Crippen LogP contribution in [0, 0.1) is 6.92 Å². The number of nitrogens with one attached hydrogen (secondary N) is 1. The highest BCUT2D eigenvalue weighted by Gasteiger charge is 2.11. The first-order chi connectivity index (χ1) is 12.3. The van der Waals surface area contributed by atoms with E-state index in [0.717, 1.165) is 27.5 Å². The van der Waals surface area contributed by atoms with E-state index >= 15 is 0 Å². The van der Waals surface area contributed by atoms with E-state index in [0.29, 0.717) is 5.95 Å². The monoisotopic (exact) mass is 344 g/mol. The zero-order valence-electron chi connectivity index (χ0n) is 13.7. The molecule has 2 aromatic heterocycles. The molecule has 25 heavy (non-hydrogen) atoms. The average Bonchev–Trinajstić information content (AvgIpc) is 3.06. The van der Waals surface area contributed by atoms with Crippen LogP contribution >= 0.6 is 11.3 Å². The average molecular weight is 344 g/mol. The molecule has 4 nitrogen and oxygen atoms in total. The van der Waals surface area contributed by atoms with Gasteiger partial charge >= 0.3 is 0 Å². The summed E-state index contributed by atoms with van der Waals surface area (Å²) in [4.78, 5) is 14.3. The Morgan fingerprint density at radius 3 is 2.24 bits per heavy atom. The number of thiazole rings is 1. The van der Waals surface area contributed by atoms with Gasteiger partial charge in [-0.15, -0.1) is 11.3 Å². The molecule has 0 radical (unpaired) electrons. The van der Waals surface area contributed by atoms with Crippen LogP contribution in [0.15, 0.2) is 73.1 Å². The molecule has 1 N–H and O–H groups in total. The largest absolute Gasteiger partial charge is 0.324 e. The lowest BCUT2D eigenvalue weighted by Crippen LogP contribution is -1.95. The maximum Gasteiger partial charge on any atom is 0.227 e. The highest BCUT2D eigenvalue weighted by Crippen LogP contribution is 2.35. The lowest BCUT2D eigenvalue weighted by atomic mass is 10.1. The van der Waals surface area contributed by atoms with Crippen LogP contribution in [0.4, 0.5) is 11.6 Å². The SMILES string of the molecule is Cc1nc(-c2ccccc2)sc1-c1ccc(Nc2ncccn2)cc1. The van der Waals surface area contributed by atoms with Gasteiger partial charge in [0.05, 0.1) is 10.6 Å². The third kappa shape index (κ3) is 3.41. The van der Waals surface area contributed by atoms with Crippen molar-refractivity contribution in [3.8, 4) is 21.0 Å². The van der Waals surface area contributed by atoms with Crippen LogP contribution in [0.5, 0.6) is 0 Å². The molecule has 0 aliphatic heterocycles. The second kappa shape index (κ2) is 6.83. The Bertz CT molecular complexity index is 964. The van der Waals surface area contributed by atoms with E-state index in [1.807, 2.05) is 30.3 Å². The molecule has 4 aromatic rings. The number of aryl methyl sites for hydroxylation is 1. The van der Waals surface area contributed by atoms with E-state index in [2.05, 4.69) is 46.5 Å². The van der Waals surface area contributed by atoms with Gasteiger partial charge in [-0.2, -0.15) is 0 Å². The van der Waals surface area contributed by atoms with Crippen molar-refractivity contribution in [1.82, 2.24) is 15.0 Å². The van der Waals surface area contributed by atoms with Crippen LogP contribution < -0.4 is 5.32 Å². The topological polar surface area (TPSA) is 50.7 Å². The van der Waals surface area contributed by atoms with Crippen molar-refractivity contribution >= 4 is 23.0 Å². The Morgan fingerprint density at radius 2 is 1.52 bits per heavy atom. The van der Waals surface area contributed by atoms with Crippen molar-refractivity contribution in [2.75, 3.05) is 5.32 Å². The molecule has 0 atom stereocenters. The van der Waals surface area contributed by atoms with Crippen LogP contribution in [0.2, 0.25) is 0 Å². The molecular formula is C20H16N4S. The van der Waals surface area contributed by atoms with Crippen molar-refractivity contribution < 1.29 is 0 Å². The van der Waals surface area contributed by atoms with E-state index in [9.17, 15) is 0 Å². The van der Waals surface area contributed by atoms with Crippen molar-refractivity contribution in [2.45, 2.75) is 6.92 Å². The summed E-state index contributed by atoms with van der Waals surface area (Å²) in [6.45, 7) is 2.06. The third-order valence-electron chi connectivity index (χ3n) is 3.79. The lowest BCUT2D eigenvalue weighted by Gasteiger charge is -2.05. The Balaban J connectivity index is 1.59. The summed E-state index contributed by atoms with van der Waals surface area (Å²) in [5, 5.41) is 4.24. The summed E-state index contributed by atoms with van der Waals surface area (Å²) in [6.07, 6.45) is 3.44. The van der Waals surface area contributed by atoms with E-state index < -0.39 is 0 Å². The van der Waals surface area contributed by atoms with E-state index in [4.69, 9.17) is 4.98 Å². The fourth-order valence-corrected chi connectivity index (χ4v) is 3.64. The highest BCUT2D eigenvalue weighted by atomic mass is 32.1. The Labute approximate surface area is 150 Å². The summed E-state index contributed by atoms with van der Waals surface area (Å²) in [7, 11) is 0. The first-order valence-corrected chi connectivity index (χ1v) is 8.78. The van der Waals surface area contributed by atoms with Gasteiger partial charge in [0.2, 0.25) is 5.95 Å². The number of anilines is 2. The second-order valence-electron chi connectivity index (χ2n) is 5.57. The molecule has 0 saturated carbocycles. The Kier molecular flexibility index (Phi) is 4.23. The third-order valence-corrected chi connectivity index (χ3v) is 5.04. The normalized spacial score (nSPS) is 10.6. The zero-order chi connectivity index (χ0) is 17.1. The highest BCUT2D eigenvalue weighted by molar-refractivity contribution is 7.18. The lowest BCUT2D eigenvalue weighted by molar-refractivity contribution is 1.17. The van der Waals surface area contributed by atoms with Gasteiger partial charge in [-0.25, -0.2) is 15.0 Å². The summed E-state index contributed by atoms with van der Waals surface area (Å²) < 4.78 is 0. The van der Waals surface area contributed by atoms with Crippen LogP contribution in [0.25, 0.3) is 21.0 Å². The maximum atomic E-state index is 4.73. The Morgan fingerprint density at radius 1 is 0.800 bits per heavy atom. The van der Waals surface area contributed by atoms with Gasteiger partial charge < -0.3 is 5.32 Å². The fraction of sp³-hybridized carbons (Fsp3) is 0.0500. The molecule has 0 aliphatic carbocycles. The quantitative estimate of drug-likeness (QED) is 0.544. The molecule has 5 heteroatoms. The summed E-state index contributed by atoms with van der Waals surface area (Å²) in [5.41, 5.74) is 4.33. The molecule has 4 rings (SSSR count). The minimum absolute atomic E-state index is 0.593. The predicted molar refractivity (Wildman–Crippen MR) is 103 cm³/mol. The summed E-state index contributed by atoms with van der Waals surface area (Å²) >= 11 is 1.72. The van der Waals surface area contributed by atoms with E-state index in [1.54, 1.807) is 29.8 Å². The molecule has 0 fully saturated rings. The molecule has 0 spiro atoms. The van der Waals surface area contributed by atoms with Gasteiger partial charge in [-0.05, 0) is 30.7 Å². The van der Waals surface area contributed by atoms with Crippen LogP contribution in [0.3, 0.4) is 0 Å². The molecule has 0 saturated heterocycles. The number of nitrogens with zero attached hydrogens (tertiary/aromatic N) is 3. The van der Waals surface area contributed by atoms with Gasteiger partial charge in [0.15, 0.2) is 0 Å². The van der Waals surface area contributed by atoms with Crippen molar-refractivity contribution in [1.29, 1.82) is 0 Å². The first-order valence-electron chi connectivity index (χ1n) is 7.97. The molecular weight excluding hydrogens is 328 g/mol. The van der Waals surface area contributed by atoms with Gasteiger partial charge in [0.1, 0.15) is 5.01 Å². The molecule has 2 heterocycles. The fourth-order valence-electron chi connectivity index (χ4n) is 2.57. The van der Waals surface area contributed by atoms with Gasteiger partial charge in [-0.3, -0.25) is 0 Å². The van der Waals surface area contributed by atoms with E-state index in [-0.39, 0.29) is 0 Å². The number of hydrogen-bond donors (Lipinski definition) is 1. The predicted octanol–water partition coefficient (Wildman–Crippen LogP) is 5.32. The van der Waals surface area contributed by atoms with Gasteiger partial charge in [0.25, 0.3) is 0 Å². The minimum atomic E-state index is 0.593. The number of rotatable bonds is 4. The van der Waals surface area contributed by atoms with Crippen LogP contribution in [-0.2, 0) is 0 Å². The van der Waals surface area contributed by atoms with Crippen molar-refractivity contribution in [2.24, 2.45) is 0 Å². The molecule has 122 valence electrons. The number of aromatic nitrogens is 3. The number of hydrogen-bond acceptors (Lipinski definition) is 5. The van der Waals surface area contributed by atoms with E-state index in [1.165, 1.54) is 4.88 Å². The summed E-state index contributed by atoms with van der Waals surface area (Å²) in [6, 6.07) is 20.3. The molecule has 2 aromatic carbocycles. The van der Waals surface area contributed by atoms with Gasteiger partial charge in [0, 0.05) is 23.6 Å². The summed E-state index contributed by atoms with van der Waals surface area (Å²) in [5.74, 6) is 0.593. The van der Waals surface area contributed by atoms with Crippen molar-refractivity contribution in [3.63, 3.8) is 0 Å². The standard InChI is InChI=1S/C20H16N4S/c1-14-18(25-19(23-14)16-6-3-2-4-7-16)15-8-10-17(11-9-15)24-20-21-12-5-13-22-20/h2-13H,1H3,(H,21,22,24). The smallest absolute Gasteiger partial charge is 0.227 e. The van der Waals surface area contributed by atoms with Crippen molar-refractivity contribution in [3.05, 3.63) is 78.8 Å². The number of benzene rings is 2. The molecule has 0 unspecified atom stereocenters. The Hall–Kier alpha value is -3.05.